The third-order valence-corrected chi connectivity index (χ3v) is 2.01. The van der Waals surface area contributed by atoms with Crippen molar-refractivity contribution in [2.45, 2.75) is 32.9 Å². The number of nitriles is 1. The largest absolute Gasteiger partial charge is 0.443 e. The van der Waals surface area contributed by atoms with Gasteiger partial charge in [0.05, 0.1) is 11.6 Å². The van der Waals surface area contributed by atoms with Gasteiger partial charge in [0.2, 0.25) is 0 Å². The fourth-order valence-corrected chi connectivity index (χ4v) is 1.30. The van der Waals surface area contributed by atoms with E-state index in [1.165, 1.54) is 0 Å². The van der Waals surface area contributed by atoms with Crippen LogP contribution in [0.2, 0.25) is 0 Å². The van der Waals surface area contributed by atoms with Gasteiger partial charge in [-0.05, 0) is 32.4 Å². The molecule has 0 aliphatic carbocycles. The van der Waals surface area contributed by atoms with Crippen LogP contribution in [0.25, 0.3) is 0 Å². The van der Waals surface area contributed by atoms with E-state index >= 15 is 0 Å². The van der Waals surface area contributed by atoms with Crippen molar-refractivity contribution in [2.75, 3.05) is 0 Å². The van der Waals surface area contributed by atoms with Gasteiger partial charge in [-0.15, -0.1) is 0 Å². The van der Waals surface area contributed by atoms with Gasteiger partial charge in [-0.1, -0.05) is 18.2 Å². The molecule has 0 fully saturated rings. The summed E-state index contributed by atoms with van der Waals surface area (Å²) in [6.45, 7) is 5.73. The van der Waals surface area contributed by atoms with E-state index in [0.29, 0.717) is 12.1 Å². The van der Waals surface area contributed by atoms with Crippen LogP contribution in [-0.4, -0.2) is 11.7 Å². The number of nitrogens with zero attached hydrogens (tertiary/aromatic N) is 1. The minimum Gasteiger partial charge on any atom is -0.443 e. The number of ether oxygens (including phenoxy) is 1. The van der Waals surface area contributed by atoms with Crippen molar-refractivity contribution in [3.8, 4) is 6.07 Å². The molecule has 1 aromatic carbocycles. The van der Waals surface area contributed by atoms with Gasteiger partial charge in [0.15, 0.2) is 0 Å². The highest BCUT2D eigenvalue weighted by atomic mass is 16.6. The Labute approximate surface area is 107 Å². The highest BCUT2D eigenvalue weighted by Crippen LogP contribution is 2.07. The van der Waals surface area contributed by atoms with Gasteiger partial charge in [-0.25, -0.2) is 10.2 Å². The molecule has 96 valence electrons. The average molecular weight is 247 g/mol. The average Bonchev–Trinajstić information content (AvgIpc) is 2.27. The Bertz CT molecular complexity index is 458. The second kappa shape index (κ2) is 6.03. The van der Waals surface area contributed by atoms with E-state index < -0.39 is 11.7 Å². The van der Waals surface area contributed by atoms with Crippen molar-refractivity contribution in [3.63, 3.8) is 0 Å². The molecule has 0 saturated carbocycles. The first kappa shape index (κ1) is 14.0. The predicted molar refractivity (Wildman–Crippen MR) is 67.4 cm³/mol. The van der Waals surface area contributed by atoms with Crippen molar-refractivity contribution < 1.29 is 9.53 Å². The van der Waals surface area contributed by atoms with Crippen LogP contribution in [-0.2, 0) is 11.3 Å². The molecule has 0 atom stereocenters. The predicted octanol–water partition coefficient (Wildman–Crippen LogP) is 2.09. The maximum absolute atomic E-state index is 11.3. The topological polar surface area (TPSA) is 74.2 Å². The Morgan fingerprint density at radius 3 is 2.67 bits per heavy atom. The number of rotatable bonds is 3. The van der Waals surface area contributed by atoms with Crippen molar-refractivity contribution in [3.05, 3.63) is 35.4 Å². The van der Waals surface area contributed by atoms with Gasteiger partial charge < -0.3 is 4.74 Å². The maximum atomic E-state index is 11.3. The minimum absolute atomic E-state index is 0.364. The van der Waals surface area contributed by atoms with Crippen LogP contribution in [0.5, 0.6) is 0 Å². The monoisotopic (exact) mass is 247 g/mol. The van der Waals surface area contributed by atoms with Gasteiger partial charge in [-0.3, -0.25) is 5.43 Å². The van der Waals surface area contributed by atoms with Crippen LogP contribution in [0.1, 0.15) is 31.9 Å². The van der Waals surface area contributed by atoms with E-state index in [1.807, 2.05) is 12.1 Å². The second-order valence-electron chi connectivity index (χ2n) is 4.75. The van der Waals surface area contributed by atoms with Gasteiger partial charge in [0.1, 0.15) is 5.60 Å². The highest BCUT2D eigenvalue weighted by Gasteiger charge is 2.15. The third-order valence-electron chi connectivity index (χ3n) is 2.01. The molecular formula is C13H17N3O2. The van der Waals surface area contributed by atoms with Crippen molar-refractivity contribution >= 4 is 6.09 Å². The molecule has 0 unspecified atom stereocenters. The minimum atomic E-state index is -0.545. The zero-order chi connectivity index (χ0) is 13.6. The fourth-order valence-electron chi connectivity index (χ4n) is 1.30. The molecule has 0 aliphatic heterocycles. The summed E-state index contributed by atoms with van der Waals surface area (Å²) >= 11 is 0. The molecule has 18 heavy (non-hydrogen) atoms. The number of hydrogen-bond donors (Lipinski definition) is 2. The summed E-state index contributed by atoms with van der Waals surface area (Å²) in [7, 11) is 0. The van der Waals surface area contributed by atoms with Crippen LogP contribution < -0.4 is 10.9 Å². The lowest BCUT2D eigenvalue weighted by Crippen LogP contribution is -2.40. The first-order chi connectivity index (χ1) is 8.42. The quantitative estimate of drug-likeness (QED) is 0.802. The first-order valence-electron chi connectivity index (χ1n) is 5.62. The highest BCUT2D eigenvalue weighted by molar-refractivity contribution is 5.67. The number of nitrogens with one attached hydrogen (secondary N) is 2. The van der Waals surface area contributed by atoms with Crippen LogP contribution >= 0.6 is 0 Å². The molecule has 2 N–H and O–H groups in total. The maximum Gasteiger partial charge on any atom is 0.422 e. The fraction of sp³-hybridized carbons (Fsp3) is 0.385. The smallest absolute Gasteiger partial charge is 0.422 e. The van der Waals surface area contributed by atoms with Crippen LogP contribution in [0.3, 0.4) is 0 Å². The molecule has 0 aromatic heterocycles. The lowest BCUT2D eigenvalue weighted by molar-refractivity contribution is 0.0497. The number of carbonyl (C=O) groups is 1. The van der Waals surface area contributed by atoms with Gasteiger partial charge in [0.25, 0.3) is 0 Å². The van der Waals surface area contributed by atoms with Gasteiger partial charge >= 0.3 is 6.09 Å². The molecule has 5 heteroatoms. The summed E-state index contributed by atoms with van der Waals surface area (Å²) in [6.07, 6.45) is -0.545. The first-order valence-corrected chi connectivity index (χ1v) is 5.62. The van der Waals surface area contributed by atoms with Crippen LogP contribution in [0.15, 0.2) is 24.3 Å². The summed E-state index contributed by atoms with van der Waals surface area (Å²) < 4.78 is 5.05. The van der Waals surface area contributed by atoms with E-state index in [4.69, 9.17) is 10.00 Å². The van der Waals surface area contributed by atoms with E-state index in [2.05, 4.69) is 16.9 Å². The molecule has 0 spiro atoms. The van der Waals surface area contributed by atoms with Crippen molar-refractivity contribution in [1.29, 1.82) is 5.26 Å². The van der Waals surface area contributed by atoms with E-state index in [9.17, 15) is 4.79 Å². The molecule has 1 rings (SSSR count). The Kier molecular flexibility index (Phi) is 4.69. The number of benzene rings is 1. The number of carbonyl (C=O) groups excluding carboxylic acids is 1. The molecule has 1 aromatic rings. The van der Waals surface area contributed by atoms with Crippen molar-refractivity contribution in [1.82, 2.24) is 10.9 Å². The van der Waals surface area contributed by atoms with Crippen LogP contribution in [0, 0.1) is 11.3 Å². The van der Waals surface area contributed by atoms with Gasteiger partial charge in [-0.2, -0.15) is 5.26 Å². The molecule has 1 amide bonds. The number of hydrazine groups is 1. The Morgan fingerprint density at radius 1 is 1.39 bits per heavy atom. The zero-order valence-electron chi connectivity index (χ0n) is 10.8. The van der Waals surface area contributed by atoms with Crippen LogP contribution in [0.4, 0.5) is 4.79 Å². The summed E-state index contributed by atoms with van der Waals surface area (Å²) in [5.41, 5.74) is 6.01. The molecule has 0 radical (unpaired) electrons. The molecular weight excluding hydrogens is 230 g/mol. The molecule has 0 aliphatic rings. The lowest BCUT2D eigenvalue weighted by atomic mass is 10.1. The molecule has 0 saturated heterocycles. The third kappa shape index (κ3) is 4.85. The molecule has 0 heterocycles. The Balaban J connectivity index is 2.43. The summed E-state index contributed by atoms with van der Waals surface area (Å²) in [4.78, 5) is 11.3. The lowest BCUT2D eigenvalue weighted by Gasteiger charge is -2.19. The molecule has 5 nitrogen and oxygen atoms in total. The SMILES string of the molecule is CC(C)(C)OC(=O)NNCc1ccccc1C#N. The second-order valence-corrected chi connectivity index (χ2v) is 4.75. The normalized spacial score (nSPS) is 10.6. The summed E-state index contributed by atoms with van der Waals surface area (Å²) in [5, 5.41) is 8.89. The zero-order valence-corrected chi connectivity index (χ0v) is 10.8. The standard InChI is InChI=1S/C13H17N3O2/c1-13(2,3)18-12(17)16-15-9-11-7-5-4-6-10(11)8-14/h4-7,15H,9H2,1-3H3,(H,16,17). The molecule has 0 bridgehead atoms. The van der Waals surface area contributed by atoms with E-state index in [1.54, 1.807) is 32.9 Å². The van der Waals surface area contributed by atoms with Crippen molar-refractivity contribution in [2.24, 2.45) is 0 Å². The van der Waals surface area contributed by atoms with Gasteiger partial charge in [0, 0.05) is 6.54 Å². The summed E-state index contributed by atoms with van der Waals surface area (Å²) in [6, 6.07) is 9.27. The summed E-state index contributed by atoms with van der Waals surface area (Å²) in [5.74, 6) is 0. The van der Waals surface area contributed by atoms with E-state index in [-0.39, 0.29) is 0 Å². The van der Waals surface area contributed by atoms with E-state index in [0.717, 1.165) is 5.56 Å². The Hall–Kier alpha value is -2.06. The Morgan fingerprint density at radius 2 is 2.06 bits per heavy atom. The number of amides is 1. The number of hydrogen-bond acceptors (Lipinski definition) is 4.